The van der Waals surface area contributed by atoms with Crippen LogP contribution in [-0.4, -0.2) is 0 Å². The fraction of sp³-hybridized carbons (Fsp3) is 0. The molecule has 10 rings (SSSR count). The van der Waals surface area contributed by atoms with Gasteiger partial charge in [0.2, 0.25) is 0 Å². The number of benzene rings is 9. The van der Waals surface area contributed by atoms with Crippen molar-refractivity contribution < 1.29 is 0 Å². The predicted molar refractivity (Wildman–Crippen MR) is 206 cm³/mol. The van der Waals surface area contributed by atoms with Crippen LogP contribution in [0.1, 0.15) is 0 Å². The van der Waals surface area contributed by atoms with Crippen LogP contribution in [0, 0.1) is 0 Å². The van der Waals surface area contributed by atoms with Gasteiger partial charge in [-0.3, -0.25) is 0 Å². The highest BCUT2D eigenvalue weighted by molar-refractivity contribution is 7.26. The quantitative estimate of drug-likeness (QED) is 0.174. The van der Waals surface area contributed by atoms with Gasteiger partial charge in [0.05, 0.1) is 0 Å². The molecule has 1 aromatic heterocycles. The van der Waals surface area contributed by atoms with Crippen molar-refractivity contribution in [2.45, 2.75) is 0 Å². The molecule has 0 saturated carbocycles. The molecule has 0 amide bonds. The Kier molecular flexibility index (Phi) is 5.85. The summed E-state index contributed by atoms with van der Waals surface area (Å²) < 4.78 is 2.70. The molecule has 0 bridgehead atoms. The molecule has 0 unspecified atom stereocenters. The second-order valence-corrected chi connectivity index (χ2v) is 13.5. The van der Waals surface area contributed by atoms with E-state index < -0.39 is 0 Å². The molecular weight excluding hydrogens is 585 g/mol. The number of thiophene rings is 1. The lowest BCUT2D eigenvalue weighted by atomic mass is 9.85. The average Bonchev–Trinajstić information content (AvgIpc) is 3.52. The van der Waals surface area contributed by atoms with Crippen LogP contribution in [0.5, 0.6) is 0 Å². The second-order valence-electron chi connectivity index (χ2n) is 12.5. The van der Waals surface area contributed by atoms with Gasteiger partial charge in [-0.15, -0.1) is 11.3 Å². The lowest BCUT2D eigenvalue weighted by molar-refractivity contribution is 1.63. The van der Waals surface area contributed by atoms with Gasteiger partial charge in [0, 0.05) is 20.2 Å². The fourth-order valence-electron chi connectivity index (χ4n) is 7.63. The molecule has 1 heteroatoms. The second kappa shape index (κ2) is 10.4. The van der Waals surface area contributed by atoms with E-state index in [9.17, 15) is 0 Å². The first-order valence-electron chi connectivity index (χ1n) is 16.2. The molecule has 0 fully saturated rings. The first kappa shape index (κ1) is 26.5. The van der Waals surface area contributed by atoms with Crippen LogP contribution in [0.15, 0.2) is 170 Å². The van der Waals surface area contributed by atoms with Crippen LogP contribution in [0.4, 0.5) is 0 Å². The highest BCUT2D eigenvalue weighted by Crippen LogP contribution is 2.45. The van der Waals surface area contributed by atoms with Gasteiger partial charge in [-0.05, 0) is 101 Å². The molecule has 10 aromatic rings. The van der Waals surface area contributed by atoms with Crippen molar-refractivity contribution in [3.8, 4) is 33.4 Å². The van der Waals surface area contributed by atoms with Crippen molar-refractivity contribution in [3.63, 3.8) is 0 Å². The number of hydrogen-bond acceptors (Lipinski definition) is 1. The minimum atomic E-state index is 1.23. The van der Waals surface area contributed by atoms with E-state index in [1.807, 2.05) is 11.3 Å². The predicted octanol–water partition coefficient (Wildman–Crippen LogP) is 13.7. The standard InChI is InChI=1S/C46H28S/c1-2-12-31-26-35(21-20-29(31)10-1)45-39-18-7-5-16-37(39)44(38-17-6-8-19-40(38)45)34-14-9-13-32(27-34)33-23-25-43-42(28-33)41-24-22-30-11-3-4-15-36(30)46(41)47-43/h1-28H. The highest BCUT2D eigenvalue weighted by atomic mass is 32.1. The molecule has 1 heterocycles. The van der Waals surface area contributed by atoms with Crippen LogP contribution in [-0.2, 0) is 0 Å². The molecule has 0 radical (unpaired) electrons. The normalized spacial score (nSPS) is 11.8. The maximum atomic E-state index is 2.39. The Hall–Kier alpha value is -5.76. The van der Waals surface area contributed by atoms with Gasteiger partial charge >= 0.3 is 0 Å². The first-order chi connectivity index (χ1) is 23.3. The first-order valence-corrected chi connectivity index (χ1v) is 17.0. The van der Waals surface area contributed by atoms with Crippen LogP contribution in [0.25, 0.3) is 96.6 Å². The zero-order valence-corrected chi connectivity index (χ0v) is 26.4. The Labute approximate surface area is 276 Å². The number of fused-ring (bicyclic) bond motifs is 8. The van der Waals surface area contributed by atoms with E-state index in [4.69, 9.17) is 0 Å². The molecule has 0 spiro atoms. The summed E-state index contributed by atoms with van der Waals surface area (Å²) in [5.41, 5.74) is 7.55. The van der Waals surface area contributed by atoms with E-state index in [0.717, 1.165) is 0 Å². The summed E-state index contributed by atoms with van der Waals surface area (Å²) in [5.74, 6) is 0. The third kappa shape index (κ3) is 4.14. The molecule has 0 N–H and O–H groups in total. The molecular formula is C46H28S. The smallest absolute Gasteiger partial charge is 0.0433 e. The molecule has 218 valence electrons. The van der Waals surface area contributed by atoms with Gasteiger partial charge in [0.25, 0.3) is 0 Å². The van der Waals surface area contributed by atoms with E-state index in [1.165, 1.54) is 96.6 Å². The zero-order chi connectivity index (χ0) is 30.9. The van der Waals surface area contributed by atoms with Crippen molar-refractivity contribution in [2.75, 3.05) is 0 Å². The minimum Gasteiger partial charge on any atom is -0.135 e. The molecule has 0 aliphatic rings. The van der Waals surface area contributed by atoms with Crippen molar-refractivity contribution in [1.82, 2.24) is 0 Å². The van der Waals surface area contributed by atoms with Crippen LogP contribution < -0.4 is 0 Å². The number of rotatable bonds is 3. The van der Waals surface area contributed by atoms with Crippen LogP contribution in [0.2, 0.25) is 0 Å². The summed E-state index contributed by atoms with van der Waals surface area (Å²) in [7, 11) is 0. The van der Waals surface area contributed by atoms with Gasteiger partial charge in [0.1, 0.15) is 0 Å². The Morgan fingerprint density at radius 1 is 0.277 bits per heavy atom. The van der Waals surface area contributed by atoms with Crippen LogP contribution >= 0.6 is 11.3 Å². The van der Waals surface area contributed by atoms with Crippen molar-refractivity contribution in [2.24, 2.45) is 0 Å². The summed E-state index contributed by atoms with van der Waals surface area (Å²) in [5, 5.41) is 12.9. The van der Waals surface area contributed by atoms with Crippen molar-refractivity contribution >= 4 is 74.6 Å². The minimum absolute atomic E-state index is 1.23. The Bertz CT molecular complexity index is 2800. The van der Waals surface area contributed by atoms with Gasteiger partial charge in [-0.2, -0.15) is 0 Å². The van der Waals surface area contributed by atoms with Gasteiger partial charge in [-0.1, -0.05) is 146 Å². The van der Waals surface area contributed by atoms with Gasteiger partial charge in [0.15, 0.2) is 0 Å². The molecule has 0 aliphatic carbocycles. The molecule has 9 aromatic carbocycles. The van der Waals surface area contributed by atoms with Crippen molar-refractivity contribution in [1.29, 1.82) is 0 Å². The summed E-state index contributed by atoms with van der Waals surface area (Å²) in [6.45, 7) is 0. The summed E-state index contributed by atoms with van der Waals surface area (Å²) in [4.78, 5) is 0. The van der Waals surface area contributed by atoms with E-state index in [0.29, 0.717) is 0 Å². The maximum absolute atomic E-state index is 2.39. The van der Waals surface area contributed by atoms with Crippen molar-refractivity contribution in [3.05, 3.63) is 170 Å². The Morgan fingerprint density at radius 2 is 0.809 bits per heavy atom. The third-order valence-electron chi connectivity index (χ3n) is 9.82. The fourth-order valence-corrected chi connectivity index (χ4v) is 8.85. The van der Waals surface area contributed by atoms with Gasteiger partial charge < -0.3 is 0 Å². The topological polar surface area (TPSA) is 0 Å². The summed E-state index contributed by atoms with van der Waals surface area (Å²) in [6.07, 6.45) is 0. The summed E-state index contributed by atoms with van der Waals surface area (Å²) >= 11 is 1.90. The SMILES string of the molecule is c1cc(-c2ccc3sc4c5ccccc5ccc4c3c2)cc(-c2c3ccccc3c(-c3ccc4ccccc4c3)c3ccccc23)c1. The molecule has 0 saturated heterocycles. The lowest BCUT2D eigenvalue weighted by Gasteiger charge is -2.18. The Balaban J connectivity index is 1.18. The molecule has 47 heavy (non-hydrogen) atoms. The maximum Gasteiger partial charge on any atom is 0.0433 e. The van der Waals surface area contributed by atoms with E-state index in [-0.39, 0.29) is 0 Å². The van der Waals surface area contributed by atoms with E-state index in [1.54, 1.807) is 0 Å². The van der Waals surface area contributed by atoms with E-state index in [2.05, 4.69) is 170 Å². The highest BCUT2D eigenvalue weighted by Gasteiger charge is 2.17. The molecule has 0 aliphatic heterocycles. The zero-order valence-electron chi connectivity index (χ0n) is 25.6. The third-order valence-corrected chi connectivity index (χ3v) is 11.0. The molecule has 0 atom stereocenters. The lowest BCUT2D eigenvalue weighted by Crippen LogP contribution is -1.91. The largest absolute Gasteiger partial charge is 0.135 e. The number of hydrogen-bond donors (Lipinski definition) is 0. The van der Waals surface area contributed by atoms with E-state index >= 15 is 0 Å². The summed E-state index contributed by atoms with van der Waals surface area (Å²) in [6, 6.07) is 62.8. The Morgan fingerprint density at radius 3 is 1.53 bits per heavy atom. The average molecular weight is 613 g/mol. The van der Waals surface area contributed by atoms with Gasteiger partial charge in [-0.25, -0.2) is 0 Å². The monoisotopic (exact) mass is 612 g/mol. The van der Waals surface area contributed by atoms with Crippen LogP contribution in [0.3, 0.4) is 0 Å². The molecule has 0 nitrogen and oxygen atoms in total.